The fraction of sp³-hybridized carbons (Fsp3) is 0.294. The van der Waals surface area contributed by atoms with Gasteiger partial charge in [0.05, 0.1) is 22.6 Å². The number of aryl methyl sites for hydroxylation is 2. The number of nitrogens with one attached hydrogen (secondary N) is 1. The van der Waals surface area contributed by atoms with E-state index in [9.17, 15) is 5.26 Å². The minimum atomic E-state index is 0.585. The Hall–Kier alpha value is -2.59. The van der Waals surface area contributed by atoms with E-state index < -0.39 is 0 Å². The van der Waals surface area contributed by atoms with Crippen LogP contribution < -0.4 is 0 Å². The topological polar surface area (TPSA) is 83.2 Å². The van der Waals surface area contributed by atoms with E-state index in [2.05, 4.69) is 33.3 Å². The molecule has 0 fully saturated rings. The molecule has 0 atom stereocenters. The first-order valence-corrected chi connectivity index (χ1v) is 8.79. The summed E-state index contributed by atoms with van der Waals surface area (Å²) in [5, 5.41) is 21.9. The van der Waals surface area contributed by atoms with Crippen molar-refractivity contribution in [2.45, 2.75) is 37.6 Å². The molecule has 0 saturated heterocycles. The molecule has 0 bridgehead atoms. The molecule has 0 saturated carbocycles. The van der Waals surface area contributed by atoms with Crippen LogP contribution in [0, 0.1) is 18.3 Å². The summed E-state index contributed by atoms with van der Waals surface area (Å²) >= 11 is 1.51. The van der Waals surface area contributed by atoms with E-state index in [0.717, 1.165) is 35.7 Å². The molecule has 0 spiro atoms. The lowest BCUT2D eigenvalue weighted by Crippen LogP contribution is -2.02. The van der Waals surface area contributed by atoms with Crippen LogP contribution in [0.1, 0.15) is 36.1 Å². The predicted octanol–water partition coefficient (Wildman–Crippen LogP) is 3.42. The second-order valence-corrected chi connectivity index (χ2v) is 6.31. The standard InChI is InChI=1S/C17H18N6S/c1-3-7-16-19-17(21-20-16)24-11-15-14(10-18)12(2)22-23(15)13-8-5-4-6-9-13/h4-6,8-9H,3,7,11H2,1-2H3,(H,19,20,21). The molecule has 7 heteroatoms. The molecule has 1 N–H and O–H groups in total. The van der Waals surface area contributed by atoms with Crippen LogP contribution in [-0.4, -0.2) is 25.0 Å². The average molecular weight is 338 g/mol. The zero-order chi connectivity index (χ0) is 16.9. The molecule has 3 aromatic rings. The SMILES string of the molecule is CCCc1nc(SCc2c(C#N)c(C)nn2-c2ccccc2)n[nH]1. The summed E-state index contributed by atoms with van der Waals surface area (Å²) in [5.41, 5.74) is 3.17. The number of rotatable bonds is 6. The summed E-state index contributed by atoms with van der Waals surface area (Å²) < 4.78 is 1.83. The molecule has 1 aromatic carbocycles. The molecule has 24 heavy (non-hydrogen) atoms. The zero-order valence-electron chi connectivity index (χ0n) is 13.7. The van der Waals surface area contributed by atoms with E-state index in [1.54, 1.807) is 0 Å². The fourth-order valence-corrected chi connectivity index (χ4v) is 3.28. The number of aromatic amines is 1. The Morgan fingerprint density at radius 1 is 1.29 bits per heavy atom. The van der Waals surface area contributed by atoms with E-state index in [0.29, 0.717) is 16.5 Å². The lowest BCUT2D eigenvalue weighted by molar-refractivity contribution is 0.827. The third-order valence-corrected chi connectivity index (χ3v) is 4.46. The lowest BCUT2D eigenvalue weighted by atomic mass is 10.2. The molecule has 0 aliphatic heterocycles. The third-order valence-electron chi connectivity index (χ3n) is 3.60. The van der Waals surface area contributed by atoms with E-state index in [1.807, 2.05) is 41.9 Å². The molecular weight excluding hydrogens is 320 g/mol. The van der Waals surface area contributed by atoms with E-state index in [1.165, 1.54) is 11.8 Å². The number of thioether (sulfide) groups is 1. The Kier molecular flexibility index (Phi) is 4.96. The number of nitriles is 1. The van der Waals surface area contributed by atoms with Crippen LogP contribution in [0.25, 0.3) is 5.69 Å². The quantitative estimate of drug-likeness (QED) is 0.696. The molecule has 0 aliphatic rings. The molecule has 0 radical (unpaired) electrons. The summed E-state index contributed by atoms with van der Waals surface area (Å²) in [6.07, 6.45) is 1.91. The van der Waals surface area contributed by atoms with Crippen LogP contribution in [0.3, 0.4) is 0 Å². The maximum atomic E-state index is 9.48. The van der Waals surface area contributed by atoms with Gasteiger partial charge in [0, 0.05) is 12.2 Å². The smallest absolute Gasteiger partial charge is 0.208 e. The van der Waals surface area contributed by atoms with Gasteiger partial charge >= 0.3 is 0 Å². The maximum Gasteiger partial charge on any atom is 0.208 e. The van der Waals surface area contributed by atoms with Crippen LogP contribution in [0.2, 0.25) is 0 Å². The zero-order valence-corrected chi connectivity index (χ0v) is 14.5. The highest BCUT2D eigenvalue weighted by atomic mass is 32.2. The lowest BCUT2D eigenvalue weighted by Gasteiger charge is -2.06. The Bertz CT molecular complexity index is 859. The van der Waals surface area contributed by atoms with Gasteiger partial charge in [-0.25, -0.2) is 9.67 Å². The van der Waals surface area contributed by atoms with Crippen molar-refractivity contribution in [1.82, 2.24) is 25.0 Å². The van der Waals surface area contributed by atoms with Crippen LogP contribution in [-0.2, 0) is 12.2 Å². The summed E-state index contributed by atoms with van der Waals surface area (Å²) in [7, 11) is 0. The highest BCUT2D eigenvalue weighted by Gasteiger charge is 2.17. The van der Waals surface area contributed by atoms with Gasteiger partial charge in [-0.15, -0.1) is 5.10 Å². The minimum Gasteiger partial charge on any atom is -0.262 e. The first-order chi connectivity index (χ1) is 11.7. The van der Waals surface area contributed by atoms with Gasteiger partial charge in [-0.05, 0) is 25.5 Å². The predicted molar refractivity (Wildman–Crippen MR) is 93.0 cm³/mol. The van der Waals surface area contributed by atoms with Gasteiger partial charge in [0.15, 0.2) is 0 Å². The normalized spacial score (nSPS) is 10.7. The summed E-state index contributed by atoms with van der Waals surface area (Å²) in [4.78, 5) is 4.46. The third kappa shape index (κ3) is 3.34. The van der Waals surface area contributed by atoms with E-state index >= 15 is 0 Å². The van der Waals surface area contributed by atoms with Gasteiger partial charge < -0.3 is 0 Å². The van der Waals surface area contributed by atoms with Gasteiger partial charge in [-0.3, -0.25) is 5.10 Å². The number of benzene rings is 1. The maximum absolute atomic E-state index is 9.48. The highest BCUT2D eigenvalue weighted by molar-refractivity contribution is 7.98. The number of aromatic nitrogens is 5. The average Bonchev–Trinajstić information content (AvgIpc) is 3.18. The molecular formula is C17H18N6S. The Morgan fingerprint density at radius 3 is 2.79 bits per heavy atom. The Labute approximate surface area is 144 Å². The van der Waals surface area contributed by atoms with Crippen molar-refractivity contribution < 1.29 is 0 Å². The van der Waals surface area contributed by atoms with Crippen molar-refractivity contribution in [3.8, 4) is 11.8 Å². The Morgan fingerprint density at radius 2 is 2.08 bits per heavy atom. The van der Waals surface area contributed by atoms with Crippen LogP contribution in [0.15, 0.2) is 35.5 Å². The van der Waals surface area contributed by atoms with Crippen molar-refractivity contribution in [2.75, 3.05) is 0 Å². The van der Waals surface area contributed by atoms with Gasteiger partial charge in [0.25, 0.3) is 0 Å². The van der Waals surface area contributed by atoms with Crippen LogP contribution >= 0.6 is 11.8 Å². The number of hydrogen-bond donors (Lipinski definition) is 1. The summed E-state index contributed by atoms with van der Waals surface area (Å²) in [5.74, 6) is 1.48. The molecule has 2 heterocycles. The molecule has 6 nitrogen and oxygen atoms in total. The van der Waals surface area contributed by atoms with E-state index in [4.69, 9.17) is 0 Å². The van der Waals surface area contributed by atoms with Gasteiger partial charge in [-0.1, -0.05) is 36.9 Å². The van der Waals surface area contributed by atoms with Gasteiger partial charge in [0.1, 0.15) is 11.9 Å². The highest BCUT2D eigenvalue weighted by Crippen LogP contribution is 2.25. The first-order valence-electron chi connectivity index (χ1n) is 7.81. The second kappa shape index (κ2) is 7.32. The molecule has 3 rings (SSSR count). The molecule has 2 aromatic heterocycles. The van der Waals surface area contributed by atoms with E-state index in [-0.39, 0.29) is 0 Å². The van der Waals surface area contributed by atoms with Gasteiger partial charge in [0.2, 0.25) is 5.16 Å². The second-order valence-electron chi connectivity index (χ2n) is 5.37. The molecule has 122 valence electrons. The largest absolute Gasteiger partial charge is 0.262 e. The Balaban J connectivity index is 1.87. The molecule has 0 aliphatic carbocycles. The fourth-order valence-electron chi connectivity index (χ4n) is 2.46. The van der Waals surface area contributed by atoms with Crippen LogP contribution in [0.4, 0.5) is 0 Å². The van der Waals surface area contributed by atoms with Gasteiger partial charge in [-0.2, -0.15) is 10.4 Å². The number of nitrogens with zero attached hydrogens (tertiary/aromatic N) is 5. The van der Waals surface area contributed by atoms with Crippen molar-refractivity contribution >= 4 is 11.8 Å². The van der Waals surface area contributed by atoms with Crippen molar-refractivity contribution in [2.24, 2.45) is 0 Å². The number of H-pyrrole nitrogens is 1. The summed E-state index contributed by atoms with van der Waals surface area (Å²) in [6, 6.07) is 12.1. The monoisotopic (exact) mass is 338 g/mol. The molecule has 0 unspecified atom stereocenters. The molecule has 0 amide bonds. The minimum absolute atomic E-state index is 0.585. The van der Waals surface area contributed by atoms with Crippen molar-refractivity contribution in [3.05, 3.63) is 53.1 Å². The van der Waals surface area contributed by atoms with Crippen molar-refractivity contribution in [3.63, 3.8) is 0 Å². The number of para-hydroxylation sites is 1. The summed E-state index contributed by atoms with van der Waals surface area (Å²) in [6.45, 7) is 3.97. The number of hydrogen-bond acceptors (Lipinski definition) is 5. The van der Waals surface area contributed by atoms with Crippen LogP contribution in [0.5, 0.6) is 0 Å². The van der Waals surface area contributed by atoms with Crippen molar-refractivity contribution in [1.29, 1.82) is 5.26 Å². The first kappa shape index (κ1) is 16.3.